The lowest BCUT2D eigenvalue weighted by molar-refractivity contribution is 0.0772. The topological polar surface area (TPSA) is 6.48 Å². The van der Waals surface area contributed by atoms with E-state index in [1.165, 1.54) is 36.9 Å². The lowest BCUT2D eigenvalue weighted by atomic mass is 9.94. The molecule has 2 aliphatic heterocycles. The van der Waals surface area contributed by atoms with Crippen molar-refractivity contribution in [3.8, 4) is 0 Å². The summed E-state index contributed by atoms with van der Waals surface area (Å²) in [6, 6.07) is 38.8. The average Bonchev–Trinajstić information content (AvgIpc) is 3.11. The summed E-state index contributed by atoms with van der Waals surface area (Å²) >= 11 is 3.79. The molecule has 1 atom stereocenters. The van der Waals surface area contributed by atoms with Gasteiger partial charge < -0.3 is 0 Å². The van der Waals surface area contributed by atoms with Crippen LogP contribution in [0.5, 0.6) is 0 Å². The van der Waals surface area contributed by atoms with Gasteiger partial charge in [-0.15, -0.1) is 11.8 Å². The minimum Gasteiger partial charge on any atom is -0.293 e. The maximum absolute atomic E-state index is 2.75. The predicted molar refractivity (Wildman–Crippen MR) is 153 cm³/mol. The van der Waals surface area contributed by atoms with E-state index in [9.17, 15) is 0 Å². The molecule has 0 radical (unpaired) electrons. The Hall–Kier alpha value is -2.50. The SMILES string of the molecule is CSc1ccc2c(c1)C(N1CCN(C(c3ccccc3)c3ccccc3)CC1)Cc1ccccc1S2. The van der Waals surface area contributed by atoms with E-state index in [0.29, 0.717) is 12.1 Å². The molecule has 1 fully saturated rings. The Bertz CT molecular complexity index is 1260. The number of hydrogen-bond donors (Lipinski definition) is 0. The molecule has 0 amide bonds. The van der Waals surface area contributed by atoms with Crippen molar-refractivity contribution >= 4 is 23.5 Å². The molecule has 0 aromatic heterocycles. The molecule has 2 heterocycles. The van der Waals surface area contributed by atoms with Gasteiger partial charge in [0.1, 0.15) is 0 Å². The van der Waals surface area contributed by atoms with E-state index in [0.717, 1.165) is 32.6 Å². The summed E-state index contributed by atoms with van der Waals surface area (Å²) < 4.78 is 0. The van der Waals surface area contributed by atoms with Crippen LogP contribution in [0.2, 0.25) is 0 Å². The fraction of sp³-hybridized carbons (Fsp3) is 0.250. The number of rotatable bonds is 5. The summed E-state index contributed by atoms with van der Waals surface area (Å²) in [5.41, 5.74) is 5.74. The zero-order chi connectivity index (χ0) is 24.3. The lowest BCUT2D eigenvalue weighted by Gasteiger charge is -2.43. The van der Waals surface area contributed by atoms with Gasteiger partial charge in [-0.05, 0) is 59.2 Å². The van der Waals surface area contributed by atoms with Crippen LogP contribution in [0.3, 0.4) is 0 Å². The highest BCUT2D eigenvalue weighted by atomic mass is 32.2. The molecule has 0 spiro atoms. The zero-order valence-corrected chi connectivity index (χ0v) is 22.3. The van der Waals surface area contributed by atoms with E-state index in [2.05, 4.69) is 119 Å². The van der Waals surface area contributed by atoms with Crippen molar-refractivity contribution in [3.05, 3.63) is 125 Å². The summed E-state index contributed by atoms with van der Waals surface area (Å²) in [6.07, 6.45) is 3.26. The molecule has 0 aliphatic carbocycles. The van der Waals surface area contributed by atoms with Gasteiger partial charge in [-0.3, -0.25) is 9.80 Å². The first-order valence-corrected chi connectivity index (χ1v) is 14.9. The third-order valence-corrected chi connectivity index (χ3v) is 9.50. The summed E-state index contributed by atoms with van der Waals surface area (Å²) in [5, 5.41) is 0. The van der Waals surface area contributed by atoms with E-state index in [1.807, 2.05) is 23.5 Å². The number of fused-ring (bicyclic) bond motifs is 2. The maximum Gasteiger partial charge on any atom is 0.0602 e. The van der Waals surface area contributed by atoms with Crippen molar-refractivity contribution in [3.63, 3.8) is 0 Å². The number of benzene rings is 4. The molecule has 0 bridgehead atoms. The van der Waals surface area contributed by atoms with Crippen LogP contribution in [0.15, 0.2) is 118 Å². The molecule has 1 unspecified atom stereocenters. The molecule has 36 heavy (non-hydrogen) atoms. The normalized spacial score (nSPS) is 18.4. The van der Waals surface area contributed by atoms with Crippen LogP contribution in [0, 0.1) is 0 Å². The Morgan fingerprint density at radius 2 is 1.36 bits per heavy atom. The van der Waals surface area contributed by atoms with Crippen molar-refractivity contribution in [1.29, 1.82) is 0 Å². The predicted octanol–water partition coefficient (Wildman–Crippen LogP) is 7.56. The Labute approximate surface area is 223 Å². The Kier molecular flexibility index (Phi) is 7.20. The maximum atomic E-state index is 2.75. The van der Waals surface area contributed by atoms with Crippen LogP contribution in [-0.4, -0.2) is 42.2 Å². The molecule has 4 aromatic carbocycles. The number of thioether (sulfide) groups is 1. The summed E-state index contributed by atoms with van der Waals surface area (Å²) in [7, 11) is 0. The molecular weight excluding hydrogens is 477 g/mol. The quantitative estimate of drug-likeness (QED) is 0.256. The lowest BCUT2D eigenvalue weighted by Crippen LogP contribution is -2.49. The molecule has 4 heteroatoms. The number of piperazine rings is 1. The van der Waals surface area contributed by atoms with Crippen LogP contribution in [-0.2, 0) is 6.42 Å². The van der Waals surface area contributed by atoms with Gasteiger partial charge in [0.05, 0.1) is 6.04 Å². The highest BCUT2D eigenvalue weighted by Crippen LogP contribution is 2.44. The highest BCUT2D eigenvalue weighted by Gasteiger charge is 2.32. The second-order valence-electron chi connectivity index (χ2n) is 9.63. The van der Waals surface area contributed by atoms with E-state index in [-0.39, 0.29) is 0 Å². The molecule has 182 valence electrons. The van der Waals surface area contributed by atoms with Gasteiger partial charge in [-0.2, -0.15) is 0 Å². The molecule has 6 rings (SSSR count). The van der Waals surface area contributed by atoms with Crippen molar-refractivity contribution in [2.24, 2.45) is 0 Å². The van der Waals surface area contributed by atoms with Gasteiger partial charge >= 0.3 is 0 Å². The van der Waals surface area contributed by atoms with Gasteiger partial charge in [0.15, 0.2) is 0 Å². The number of hydrogen-bond acceptors (Lipinski definition) is 4. The molecular formula is C32H32N2S2. The number of nitrogens with zero attached hydrogens (tertiary/aromatic N) is 2. The highest BCUT2D eigenvalue weighted by molar-refractivity contribution is 7.99. The van der Waals surface area contributed by atoms with Gasteiger partial charge in [0.25, 0.3) is 0 Å². The van der Waals surface area contributed by atoms with Crippen molar-refractivity contribution in [2.45, 2.75) is 33.2 Å². The van der Waals surface area contributed by atoms with Crippen molar-refractivity contribution in [2.75, 3.05) is 32.4 Å². The van der Waals surface area contributed by atoms with E-state index >= 15 is 0 Å². The largest absolute Gasteiger partial charge is 0.293 e. The minimum atomic E-state index is 0.301. The summed E-state index contributed by atoms with van der Waals surface area (Å²) in [4.78, 5) is 9.60. The minimum absolute atomic E-state index is 0.301. The van der Waals surface area contributed by atoms with Gasteiger partial charge in [0, 0.05) is 46.9 Å². The van der Waals surface area contributed by atoms with Crippen LogP contribution in [0.1, 0.15) is 34.3 Å². The molecule has 2 aliphatic rings. The standard InChI is InChI=1S/C32H32N2S2/c1-35-27-16-17-31-28(23-27)29(22-26-14-8-9-15-30(26)36-31)33-18-20-34(21-19-33)32(24-10-4-2-5-11-24)25-12-6-3-7-13-25/h2-17,23,29,32H,18-22H2,1H3. The summed E-state index contributed by atoms with van der Waals surface area (Å²) in [5.74, 6) is 0. The molecule has 2 nitrogen and oxygen atoms in total. The third-order valence-electron chi connectivity index (χ3n) is 7.57. The van der Waals surface area contributed by atoms with Crippen LogP contribution in [0.25, 0.3) is 0 Å². The van der Waals surface area contributed by atoms with E-state index in [4.69, 9.17) is 0 Å². The molecule has 1 saturated heterocycles. The van der Waals surface area contributed by atoms with E-state index in [1.54, 1.807) is 0 Å². The van der Waals surface area contributed by atoms with Crippen LogP contribution < -0.4 is 0 Å². The van der Waals surface area contributed by atoms with Gasteiger partial charge in [-0.25, -0.2) is 0 Å². The van der Waals surface area contributed by atoms with E-state index < -0.39 is 0 Å². The zero-order valence-electron chi connectivity index (χ0n) is 20.7. The van der Waals surface area contributed by atoms with Crippen molar-refractivity contribution < 1.29 is 0 Å². The third kappa shape index (κ3) is 4.88. The fourth-order valence-corrected chi connectivity index (χ4v) is 7.30. The molecule has 0 saturated carbocycles. The first-order valence-electron chi connectivity index (χ1n) is 12.8. The van der Waals surface area contributed by atoms with Gasteiger partial charge in [-0.1, -0.05) is 90.6 Å². The van der Waals surface area contributed by atoms with Gasteiger partial charge in [0.2, 0.25) is 0 Å². The average molecular weight is 509 g/mol. The Morgan fingerprint density at radius 1 is 0.722 bits per heavy atom. The molecule has 0 N–H and O–H groups in total. The fourth-order valence-electron chi connectivity index (χ4n) is 5.73. The molecule has 4 aromatic rings. The van der Waals surface area contributed by atoms with Crippen LogP contribution >= 0.6 is 23.5 Å². The summed E-state index contributed by atoms with van der Waals surface area (Å²) in [6.45, 7) is 4.29. The Balaban J connectivity index is 1.29. The second kappa shape index (κ2) is 10.9. The smallest absolute Gasteiger partial charge is 0.0602 e. The monoisotopic (exact) mass is 508 g/mol. The second-order valence-corrected chi connectivity index (χ2v) is 11.6. The van der Waals surface area contributed by atoms with Crippen molar-refractivity contribution in [1.82, 2.24) is 9.80 Å². The first kappa shape index (κ1) is 23.9. The van der Waals surface area contributed by atoms with Crippen LogP contribution in [0.4, 0.5) is 0 Å². The Morgan fingerprint density at radius 3 is 2.03 bits per heavy atom. The first-order chi connectivity index (χ1) is 17.8.